The number of nitrogens with two attached hydrogens (primary N) is 1. The smallest absolute Gasteiger partial charge is 0.214 e. The topological polar surface area (TPSA) is 72.6 Å². The second-order valence-corrected chi connectivity index (χ2v) is 7.06. The molecule has 2 rings (SSSR count). The molecule has 0 aromatic carbocycles. The van der Waals surface area contributed by atoms with Gasteiger partial charge in [0.15, 0.2) is 0 Å². The summed E-state index contributed by atoms with van der Waals surface area (Å²) >= 11 is 0. The van der Waals surface area contributed by atoms with Gasteiger partial charge in [0.2, 0.25) is 10.0 Å². The molecule has 1 heterocycles. The van der Waals surface area contributed by atoms with E-state index in [0.29, 0.717) is 31.5 Å². The first-order valence-electron chi connectivity index (χ1n) is 6.43. The van der Waals surface area contributed by atoms with Gasteiger partial charge in [0.25, 0.3) is 0 Å². The lowest BCUT2D eigenvalue weighted by Gasteiger charge is -2.26. The average molecular weight is 262 g/mol. The third-order valence-corrected chi connectivity index (χ3v) is 5.57. The van der Waals surface area contributed by atoms with Gasteiger partial charge in [0.1, 0.15) is 0 Å². The molecule has 1 aliphatic heterocycles. The first-order valence-corrected chi connectivity index (χ1v) is 8.04. The number of ether oxygens (including phenoxy) is 1. The molecular weight excluding hydrogens is 240 g/mol. The van der Waals surface area contributed by atoms with E-state index in [1.807, 2.05) is 0 Å². The molecule has 6 heteroatoms. The molecule has 2 fully saturated rings. The molecule has 0 atom stereocenters. The Hall–Kier alpha value is -0.170. The molecule has 0 radical (unpaired) electrons. The molecule has 0 amide bonds. The summed E-state index contributed by atoms with van der Waals surface area (Å²) in [5, 5.41) is 0. The van der Waals surface area contributed by atoms with Crippen molar-refractivity contribution in [2.45, 2.75) is 44.2 Å². The number of rotatable bonds is 4. The van der Waals surface area contributed by atoms with Crippen LogP contribution in [-0.4, -0.2) is 50.3 Å². The molecule has 100 valence electrons. The van der Waals surface area contributed by atoms with E-state index in [1.54, 1.807) is 4.31 Å². The van der Waals surface area contributed by atoms with Gasteiger partial charge in [-0.25, -0.2) is 8.42 Å². The Bertz CT molecular complexity index is 337. The molecule has 1 aliphatic carbocycles. The zero-order valence-corrected chi connectivity index (χ0v) is 11.0. The van der Waals surface area contributed by atoms with E-state index in [4.69, 9.17) is 10.5 Å². The van der Waals surface area contributed by atoms with Crippen LogP contribution in [0.15, 0.2) is 0 Å². The summed E-state index contributed by atoms with van der Waals surface area (Å²) in [6, 6.07) is 0.328. The van der Waals surface area contributed by atoms with Crippen molar-refractivity contribution in [3.63, 3.8) is 0 Å². The van der Waals surface area contributed by atoms with Gasteiger partial charge in [-0.2, -0.15) is 4.31 Å². The predicted octanol–water partition coefficient (Wildman–Crippen LogP) is 0.308. The van der Waals surface area contributed by atoms with Crippen molar-refractivity contribution in [3.8, 4) is 0 Å². The Kier molecular flexibility index (Phi) is 4.41. The van der Waals surface area contributed by atoms with Crippen molar-refractivity contribution < 1.29 is 13.2 Å². The Balaban J connectivity index is 1.66. The fourth-order valence-electron chi connectivity index (χ4n) is 2.52. The third kappa shape index (κ3) is 3.64. The van der Waals surface area contributed by atoms with Crippen LogP contribution in [0.5, 0.6) is 0 Å². The standard InChI is InChI=1S/C11H22N2O3S/c12-10-2-4-11(5-3-10)16-8-7-13-6-1-9-17(13,14)15/h10-11H,1-9,12H2. The molecule has 0 unspecified atom stereocenters. The van der Waals surface area contributed by atoms with E-state index < -0.39 is 10.0 Å². The van der Waals surface area contributed by atoms with Crippen LogP contribution >= 0.6 is 0 Å². The highest BCUT2D eigenvalue weighted by Crippen LogP contribution is 2.20. The highest BCUT2D eigenvalue weighted by atomic mass is 32.2. The van der Waals surface area contributed by atoms with Crippen molar-refractivity contribution in [3.05, 3.63) is 0 Å². The Morgan fingerprint density at radius 2 is 1.94 bits per heavy atom. The van der Waals surface area contributed by atoms with Crippen molar-refractivity contribution in [2.75, 3.05) is 25.4 Å². The molecule has 0 aromatic heterocycles. The number of nitrogens with zero attached hydrogens (tertiary/aromatic N) is 1. The lowest BCUT2D eigenvalue weighted by atomic mass is 9.94. The van der Waals surface area contributed by atoms with Gasteiger partial charge in [-0.3, -0.25) is 0 Å². The van der Waals surface area contributed by atoms with Gasteiger partial charge in [-0.05, 0) is 32.1 Å². The van der Waals surface area contributed by atoms with Crippen LogP contribution in [0.3, 0.4) is 0 Å². The summed E-state index contributed by atoms with van der Waals surface area (Å²) in [5.41, 5.74) is 5.82. The van der Waals surface area contributed by atoms with Crippen molar-refractivity contribution in [2.24, 2.45) is 5.73 Å². The highest BCUT2D eigenvalue weighted by molar-refractivity contribution is 7.89. The minimum Gasteiger partial charge on any atom is -0.377 e. The Labute approximate surface area is 103 Å². The summed E-state index contributed by atoms with van der Waals surface area (Å²) in [4.78, 5) is 0. The van der Waals surface area contributed by atoms with Crippen LogP contribution < -0.4 is 5.73 Å². The molecular formula is C11H22N2O3S. The largest absolute Gasteiger partial charge is 0.377 e. The molecule has 17 heavy (non-hydrogen) atoms. The van der Waals surface area contributed by atoms with E-state index >= 15 is 0 Å². The predicted molar refractivity (Wildman–Crippen MR) is 66.2 cm³/mol. The van der Waals surface area contributed by atoms with Crippen LogP contribution in [0.2, 0.25) is 0 Å². The van der Waals surface area contributed by atoms with E-state index in [1.165, 1.54) is 0 Å². The van der Waals surface area contributed by atoms with Crippen molar-refractivity contribution >= 4 is 10.0 Å². The second kappa shape index (κ2) is 5.65. The summed E-state index contributed by atoms with van der Waals surface area (Å²) in [7, 11) is -2.97. The SMILES string of the molecule is NC1CCC(OCCN2CCCS2(=O)=O)CC1. The van der Waals surface area contributed by atoms with Gasteiger partial charge in [-0.1, -0.05) is 0 Å². The molecule has 0 bridgehead atoms. The quantitative estimate of drug-likeness (QED) is 0.791. The van der Waals surface area contributed by atoms with Crippen LogP contribution in [-0.2, 0) is 14.8 Å². The lowest BCUT2D eigenvalue weighted by molar-refractivity contribution is 0.0214. The number of hydrogen-bond donors (Lipinski definition) is 1. The van der Waals surface area contributed by atoms with Crippen molar-refractivity contribution in [1.82, 2.24) is 4.31 Å². The monoisotopic (exact) mass is 262 g/mol. The van der Waals surface area contributed by atoms with Gasteiger partial charge in [0.05, 0.1) is 18.5 Å². The van der Waals surface area contributed by atoms with E-state index in [0.717, 1.165) is 32.1 Å². The fraction of sp³-hybridized carbons (Fsp3) is 1.00. The third-order valence-electron chi connectivity index (χ3n) is 3.62. The number of sulfonamides is 1. The van der Waals surface area contributed by atoms with E-state index in [-0.39, 0.29) is 6.10 Å². The van der Waals surface area contributed by atoms with Crippen LogP contribution in [0.1, 0.15) is 32.1 Å². The van der Waals surface area contributed by atoms with Gasteiger partial charge in [-0.15, -0.1) is 0 Å². The minimum absolute atomic E-state index is 0.278. The first-order chi connectivity index (χ1) is 8.08. The normalized spacial score (nSPS) is 33.9. The summed E-state index contributed by atoms with van der Waals surface area (Å²) in [6.07, 6.45) is 5.09. The fourth-order valence-corrected chi connectivity index (χ4v) is 4.03. The molecule has 1 saturated carbocycles. The van der Waals surface area contributed by atoms with Gasteiger partial charge >= 0.3 is 0 Å². The molecule has 2 N–H and O–H groups in total. The summed E-state index contributed by atoms with van der Waals surface area (Å²) in [6.45, 7) is 1.67. The van der Waals surface area contributed by atoms with Crippen molar-refractivity contribution in [1.29, 1.82) is 0 Å². The maximum absolute atomic E-state index is 11.5. The highest BCUT2D eigenvalue weighted by Gasteiger charge is 2.28. The van der Waals surface area contributed by atoms with Crippen LogP contribution in [0.4, 0.5) is 0 Å². The zero-order valence-electron chi connectivity index (χ0n) is 10.2. The number of hydrogen-bond acceptors (Lipinski definition) is 4. The van der Waals surface area contributed by atoms with Gasteiger partial charge in [0, 0.05) is 19.1 Å². The van der Waals surface area contributed by atoms with Crippen LogP contribution in [0, 0.1) is 0 Å². The molecule has 0 aromatic rings. The van der Waals surface area contributed by atoms with Crippen LogP contribution in [0.25, 0.3) is 0 Å². The minimum atomic E-state index is -2.97. The summed E-state index contributed by atoms with van der Waals surface area (Å²) in [5.74, 6) is 0.297. The maximum Gasteiger partial charge on any atom is 0.214 e. The molecule has 0 spiro atoms. The van der Waals surface area contributed by atoms with E-state index in [9.17, 15) is 8.42 Å². The Morgan fingerprint density at radius 1 is 1.24 bits per heavy atom. The van der Waals surface area contributed by atoms with E-state index in [2.05, 4.69) is 0 Å². The lowest BCUT2D eigenvalue weighted by Crippen LogP contribution is -2.33. The first kappa shape index (κ1) is 13.3. The molecule has 2 aliphatic rings. The second-order valence-electron chi connectivity index (χ2n) is 4.98. The molecule has 5 nitrogen and oxygen atoms in total. The average Bonchev–Trinajstić information content (AvgIpc) is 2.61. The summed E-state index contributed by atoms with van der Waals surface area (Å²) < 4.78 is 30.3. The Morgan fingerprint density at radius 3 is 2.53 bits per heavy atom. The van der Waals surface area contributed by atoms with Gasteiger partial charge < -0.3 is 10.5 Å². The maximum atomic E-state index is 11.5. The molecule has 1 saturated heterocycles. The zero-order chi connectivity index (χ0) is 12.3.